The van der Waals surface area contributed by atoms with Crippen LogP contribution in [-0.4, -0.2) is 67.0 Å². The van der Waals surface area contributed by atoms with Crippen LogP contribution in [0.1, 0.15) is 18.9 Å². The lowest BCUT2D eigenvalue weighted by molar-refractivity contribution is -0.126. The van der Waals surface area contributed by atoms with Gasteiger partial charge in [0.25, 0.3) is 5.91 Å². The van der Waals surface area contributed by atoms with Gasteiger partial charge in [-0.15, -0.1) is 0 Å². The van der Waals surface area contributed by atoms with E-state index >= 15 is 0 Å². The van der Waals surface area contributed by atoms with Gasteiger partial charge in [0.15, 0.2) is 11.5 Å². The van der Waals surface area contributed by atoms with Crippen LogP contribution in [-0.2, 0) is 9.53 Å². The van der Waals surface area contributed by atoms with Gasteiger partial charge in [0.2, 0.25) is 0 Å². The van der Waals surface area contributed by atoms with E-state index < -0.39 is 0 Å². The molecule has 1 saturated heterocycles. The number of likely N-dealkylation sites (N-methyl/N-ethyl adjacent to an activating group) is 1. The van der Waals surface area contributed by atoms with Crippen LogP contribution in [0.25, 0.3) is 6.08 Å². The van der Waals surface area contributed by atoms with E-state index in [0.717, 1.165) is 13.0 Å². The van der Waals surface area contributed by atoms with E-state index in [4.69, 9.17) is 4.74 Å². The number of carbonyl (C=O) groups excluding carboxylic acids is 1. The van der Waals surface area contributed by atoms with Crippen LogP contribution in [0.2, 0.25) is 0 Å². The highest BCUT2D eigenvalue weighted by Gasteiger charge is 2.19. The number of hydrogen-bond acceptors (Lipinski definition) is 7. The maximum absolute atomic E-state index is 12.7. The van der Waals surface area contributed by atoms with Gasteiger partial charge in [-0.05, 0) is 37.1 Å². The molecule has 1 atom stereocenters. The lowest BCUT2D eigenvalue weighted by Crippen LogP contribution is -2.40. The Bertz CT molecular complexity index is 736. The van der Waals surface area contributed by atoms with Crippen LogP contribution in [0.5, 0.6) is 11.5 Å². The highest BCUT2D eigenvalue weighted by atomic mass is 16.5. The van der Waals surface area contributed by atoms with E-state index in [9.17, 15) is 20.3 Å². The molecule has 0 aliphatic carbocycles. The third-order valence-electron chi connectivity index (χ3n) is 4.46. The molecule has 8 nitrogen and oxygen atoms in total. The van der Waals surface area contributed by atoms with Crippen molar-refractivity contribution in [2.75, 3.05) is 45.2 Å². The number of nitriles is 1. The summed E-state index contributed by atoms with van der Waals surface area (Å²) < 4.78 is 5.31. The number of amides is 1. The molecule has 0 spiro atoms. The van der Waals surface area contributed by atoms with E-state index in [1.165, 1.54) is 12.1 Å². The summed E-state index contributed by atoms with van der Waals surface area (Å²) in [4.78, 5) is 14.3. The maximum atomic E-state index is 12.7. The number of anilines is 1. The van der Waals surface area contributed by atoms with E-state index in [1.54, 1.807) is 18.0 Å². The molecule has 1 aliphatic rings. The Hall–Kier alpha value is -2.76. The number of nitrogens with zero attached hydrogens (tertiary/aromatic N) is 2. The summed E-state index contributed by atoms with van der Waals surface area (Å²) in [6, 6.07) is 5.10. The van der Waals surface area contributed by atoms with Gasteiger partial charge in [0.1, 0.15) is 11.6 Å². The summed E-state index contributed by atoms with van der Waals surface area (Å²) in [6.07, 6.45) is 2.37. The van der Waals surface area contributed by atoms with E-state index in [1.807, 2.05) is 13.0 Å². The van der Waals surface area contributed by atoms with Crippen LogP contribution in [0.3, 0.4) is 0 Å². The van der Waals surface area contributed by atoms with Crippen molar-refractivity contribution >= 4 is 17.7 Å². The first-order chi connectivity index (χ1) is 13.0. The molecular weight excluding hydrogens is 348 g/mol. The quantitative estimate of drug-likeness (QED) is 0.307. The van der Waals surface area contributed by atoms with Gasteiger partial charge in [0.05, 0.1) is 12.3 Å². The normalized spacial score (nSPS) is 16.8. The monoisotopic (exact) mass is 374 g/mol. The predicted octanol–water partition coefficient (Wildman–Crippen LogP) is 1.27. The molecule has 1 aromatic rings. The van der Waals surface area contributed by atoms with Crippen molar-refractivity contribution in [3.63, 3.8) is 0 Å². The predicted molar refractivity (Wildman–Crippen MR) is 102 cm³/mol. The molecule has 1 aromatic carbocycles. The Balaban J connectivity index is 2.09. The molecule has 2 rings (SSSR count). The zero-order chi connectivity index (χ0) is 19.8. The highest BCUT2D eigenvalue weighted by Crippen LogP contribution is 2.34. The number of phenolic OH excluding ortho intramolecular Hbond substituents is 2. The third-order valence-corrected chi connectivity index (χ3v) is 4.46. The topological polar surface area (TPSA) is 118 Å². The third kappa shape index (κ3) is 5.36. The molecule has 0 saturated carbocycles. The highest BCUT2D eigenvalue weighted by molar-refractivity contribution is 6.01. The fourth-order valence-electron chi connectivity index (χ4n) is 2.90. The number of hydrogen-bond donors (Lipinski definition) is 4. The Morgan fingerprint density at radius 1 is 1.48 bits per heavy atom. The molecule has 1 aliphatic heterocycles. The average Bonchev–Trinajstić information content (AvgIpc) is 3.18. The minimum atomic E-state index is -0.372. The van der Waals surface area contributed by atoms with E-state index in [2.05, 4.69) is 10.6 Å². The number of carbonyl (C=O) groups is 1. The Morgan fingerprint density at radius 2 is 2.26 bits per heavy atom. The first kappa shape index (κ1) is 20.6. The second kappa shape index (κ2) is 9.80. The lowest BCUT2D eigenvalue weighted by atomic mass is 10.1. The Morgan fingerprint density at radius 3 is 2.85 bits per heavy atom. The van der Waals surface area contributed by atoms with Crippen molar-refractivity contribution in [3.8, 4) is 17.6 Å². The number of ether oxygens (including phenoxy) is 1. The molecule has 1 unspecified atom stereocenters. The fourth-order valence-corrected chi connectivity index (χ4v) is 2.90. The van der Waals surface area contributed by atoms with E-state index in [-0.39, 0.29) is 23.0 Å². The van der Waals surface area contributed by atoms with Crippen molar-refractivity contribution < 1.29 is 19.7 Å². The number of benzene rings is 1. The number of phenols is 2. The first-order valence-corrected chi connectivity index (χ1v) is 8.96. The minimum Gasteiger partial charge on any atom is -0.504 e. The molecule has 1 amide bonds. The number of aromatic hydroxyl groups is 2. The molecule has 1 fully saturated rings. The van der Waals surface area contributed by atoms with Crippen molar-refractivity contribution in [1.82, 2.24) is 10.2 Å². The molecule has 1 heterocycles. The molecule has 0 radical (unpaired) electrons. The zero-order valence-electron chi connectivity index (χ0n) is 15.7. The van der Waals surface area contributed by atoms with E-state index in [0.29, 0.717) is 43.5 Å². The summed E-state index contributed by atoms with van der Waals surface area (Å²) >= 11 is 0. The molecule has 4 N–H and O–H groups in total. The largest absolute Gasteiger partial charge is 0.504 e. The summed E-state index contributed by atoms with van der Waals surface area (Å²) in [5.74, 6) is -0.979. The summed E-state index contributed by atoms with van der Waals surface area (Å²) in [6.45, 7) is 4.87. The van der Waals surface area contributed by atoms with Crippen LogP contribution in [0, 0.1) is 11.3 Å². The second-order valence-electron chi connectivity index (χ2n) is 6.26. The van der Waals surface area contributed by atoms with Gasteiger partial charge in [-0.3, -0.25) is 4.79 Å². The number of rotatable bonds is 8. The van der Waals surface area contributed by atoms with Gasteiger partial charge in [-0.1, -0.05) is 0 Å². The van der Waals surface area contributed by atoms with Gasteiger partial charge in [-0.25, -0.2) is 0 Å². The smallest absolute Gasteiger partial charge is 0.264 e. The zero-order valence-corrected chi connectivity index (χ0v) is 15.7. The van der Waals surface area contributed by atoms with Gasteiger partial charge in [0, 0.05) is 39.3 Å². The Kier molecular flexibility index (Phi) is 7.46. The van der Waals surface area contributed by atoms with Crippen molar-refractivity contribution in [1.29, 1.82) is 5.26 Å². The summed E-state index contributed by atoms with van der Waals surface area (Å²) in [5, 5.41) is 35.1. The van der Waals surface area contributed by atoms with Gasteiger partial charge < -0.3 is 30.5 Å². The van der Waals surface area contributed by atoms with Gasteiger partial charge >= 0.3 is 0 Å². The maximum Gasteiger partial charge on any atom is 0.264 e. The second-order valence-corrected chi connectivity index (χ2v) is 6.26. The fraction of sp³-hybridized carbons (Fsp3) is 0.474. The average molecular weight is 374 g/mol. The SMILES string of the molecule is CCN(CCNC1CCOC1)C(=O)/C(C#N)=C/c1cc(O)c(O)c(NC)c1. The molecule has 8 heteroatoms. The molecule has 0 bridgehead atoms. The van der Waals surface area contributed by atoms with Crippen LogP contribution in [0.4, 0.5) is 5.69 Å². The molecule has 27 heavy (non-hydrogen) atoms. The number of nitrogens with one attached hydrogen (secondary N) is 2. The van der Waals surface area contributed by atoms with Crippen LogP contribution < -0.4 is 10.6 Å². The van der Waals surface area contributed by atoms with Crippen molar-refractivity contribution in [2.45, 2.75) is 19.4 Å². The van der Waals surface area contributed by atoms with Gasteiger partial charge in [-0.2, -0.15) is 5.26 Å². The molecule has 0 aromatic heterocycles. The van der Waals surface area contributed by atoms with Crippen molar-refractivity contribution in [2.24, 2.45) is 0 Å². The molecule has 146 valence electrons. The minimum absolute atomic E-state index is 0.0341. The van der Waals surface area contributed by atoms with Crippen LogP contribution >= 0.6 is 0 Å². The standard InChI is InChI=1S/C19H26N4O4/c1-3-23(6-5-22-15-4-7-27-12-15)19(26)14(11-20)8-13-9-16(21-2)18(25)17(24)10-13/h8-10,15,21-22,24-25H,3-7,12H2,1-2H3/b14-8+. The lowest BCUT2D eigenvalue weighted by Gasteiger charge is -2.22. The summed E-state index contributed by atoms with van der Waals surface area (Å²) in [5.41, 5.74) is 0.714. The first-order valence-electron chi connectivity index (χ1n) is 8.96. The van der Waals surface area contributed by atoms with Crippen molar-refractivity contribution in [3.05, 3.63) is 23.3 Å². The summed E-state index contributed by atoms with van der Waals surface area (Å²) in [7, 11) is 1.60. The Labute approximate surface area is 159 Å². The van der Waals surface area contributed by atoms with Crippen LogP contribution in [0.15, 0.2) is 17.7 Å². The molecular formula is C19H26N4O4.